The normalized spacial score (nSPS) is 22.9. The Morgan fingerprint density at radius 1 is 1.35 bits per heavy atom. The summed E-state index contributed by atoms with van der Waals surface area (Å²) >= 11 is 6.08. The molecule has 20 heavy (non-hydrogen) atoms. The number of imidazole rings is 1. The second-order valence-corrected chi connectivity index (χ2v) is 5.56. The Hall–Kier alpha value is -1.62. The van der Waals surface area contributed by atoms with Gasteiger partial charge in [0.25, 0.3) is 0 Å². The molecule has 0 unspecified atom stereocenters. The molecule has 0 aliphatic heterocycles. The monoisotopic (exact) mass is 292 g/mol. The summed E-state index contributed by atoms with van der Waals surface area (Å²) in [4.78, 5) is 8.60. The molecule has 0 bridgehead atoms. The number of aromatic nitrogens is 3. The highest BCUT2D eigenvalue weighted by Gasteiger charge is 2.28. The lowest BCUT2D eigenvalue weighted by Gasteiger charge is -2.27. The predicted molar refractivity (Wildman–Crippen MR) is 77.4 cm³/mol. The molecule has 1 aliphatic rings. The summed E-state index contributed by atoms with van der Waals surface area (Å²) in [5, 5.41) is 8.25. The molecular formula is C14H17ClN4O. The summed E-state index contributed by atoms with van der Waals surface area (Å²) in [6.07, 6.45) is 9.40. The molecule has 0 amide bonds. The van der Waals surface area contributed by atoms with Crippen molar-refractivity contribution in [3.05, 3.63) is 29.6 Å². The van der Waals surface area contributed by atoms with E-state index in [1.807, 2.05) is 10.6 Å². The number of rotatable bonds is 2. The van der Waals surface area contributed by atoms with E-state index in [0.717, 1.165) is 37.0 Å². The van der Waals surface area contributed by atoms with Gasteiger partial charge in [-0.3, -0.25) is 9.81 Å². The van der Waals surface area contributed by atoms with Gasteiger partial charge < -0.3 is 4.74 Å². The van der Waals surface area contributed by atoms with Gasteiger partial charge in [0.05, 0.1) is 13.3 Å². The molecule has 2 aromatic rings. The molecule has 106 valence electrons. The van der Waals surface area contributed by atoms with Gasteiger partial charge in [-0.1, -0.05) is 11.6 Å². The minimum atomic E-state index is 0.257. The highest BCUT2D eigenvalue weighted by atomic mass is 35.5. The van der Waals surface area contributed by atoms with E-state index in [2.05, 4.69) is 9.97 Å². The summed E-state index contributed by atoms with van der Waals surface area (Å²) in [5.41, 5.74) is 0.857. The number of hydrogen-bond acceptors (Lipinski definition) is 4. The lowest BCUT2D eigenvalue weighted by Crippen LogP contribution is -2.22. The van der Waals surface area contributed by atoms with Crippen LogP contribution in [0.2, 0.25) is 5.15 Å². The maximum absolute atomic E-state index is 7.76. The second-order valence-electron chi connectivity index (χ2n) is 5.21. The third kappa shape index (κ3) is 2.26. The first-order valence-corrected chi connectivity index (χ1v) is 7.18. The molecule has 0 atom stereocenters. The van der Waals surface area contributed by atoms with Crippen LogP contribution in [0.25, 0.3) is 5.52 Å². The van der Waals surface area contributed by atoms with E-state index in [1.54, 1.807) is 19.5 Å². The molecule has 1 fully saturated rings. The molecule has 0 radical (unpaired) electrons. The molecule has 0 spiro atoms. The SMILES string of the molecule is COC(=N)C1CCC(c2ncc3c(Cl)nccn23)CC1. The lowest BCUT2D eigenvalue weighted by atomic mass is 9.81. The van der Waals surface area contributed by atoms with E-state index in [-0.39, 0.29) is 5.92 Å². The Morgan fingerprint density at radius 2 is 2.10 bits per heavy atom. The highest BCUT2D eigenvalue weighted by molar-refractivity contribution is 6.32. The van der Waals surface area contributed by atoms with Gasteiger partial charge in [0, 0.05) is 24.2 Å². The molecule has 1 N–H and O–H groups in total. The Morgan fingerprint density at radius 3 is 2.80 bits per heavy atom. The smallest absolute Gasteiger partial charge is 0.183 e. The van der Waals surface area contributed by atoms with E-state index in [9.17, 15) is 0 Å². The standard InChI is InChI=1S/C14H17ClN4O/c1-20-13(16)9-2-4-10(5-3-9)14-18-8-11-12(15)17-6-7-19(11)14/h6-10,16H,2-5H2,1H3. The Balaban J connectivity index is 1.80. The molecule has 2 aromatic heterocycles. The van der Waals surface area contributed by atoms with Crippen LogP contribution in [0, 0.1) is 11.3 Å². The van der Waals surface area contributed by atoms with Crippen molar-refractivity contribution in [2.45, 2.75) is 31.6 Å². The summed E-state index contributed by atoms with van der Waals surface area (Å²) in [6, 6.07) is 0. The van der Waals surface area contributed by atoms with Gasteiger partial charge in [-0.25, -0.2) is 9.97 Å². The average Bonchev–Trinajstić information content (AvgIpc) is 2.92. The van der Waals surface area contributed by atoms with Crippen LogP contribution >= 0.6 is 11.6 Å². The molecule has 3 rings (SSSR count). The molecule has 1 aliphatic carbocycles. The number of nitrogens with one attached hydrogen (secondary N) is 1. The average molecular weight is 293 g/mol. The first kappa shape index (κ1) is 13.4. The number of fused-ring (bicyclic) bond motifs is 1. The molecule has 5 nitrogen and oxygen atoms in total. The van der Waals surface area contributed by atoms with Crippen LogP contribution in [0.3, 0.4) is 0 Å². The van der Waals surface area contributed by atoms with E-state index in [0.29, 0.717) is 17.0 Å². The van der Waals surface area contributed by atoms with Crippen molar-refractivity contribution in [1.82, 2.24) is 14.4 Å². The first-order chi connectivity index (χ1) is 9.70. The van der Waals surface area contributed by atoms with Crippen molar-refractivity contribution in [3.8, 4) is 0 Å². The number of halogens is 1. The van der Waals surface area contributed by atoms with Gasteiger partial charge in [0.2, 0.25) is 0 Å². The maximum Gasteiger partial charge on any atom is 0.183 e. The number of hydrogen-bond donors (Lipinski definition) is 1. The number of ether oxygens (including phenoxy) is 1. The topological polar surface area (TPSA) is 63.3 Å². The van der Waals surface area contributed by atoms with Crippen LogP contribution in [-0.2, 0) is 4.74 Å². The largest absolute Gasteiger partial charge is 0.484 e. The molecule has 6 heteroatoms. The Kier molecular flexibility index (Phi) is 3.61. The zero-order valence-corrected chi connectivity index (χ0v) is 12.1. The predicted octanol–water partition coefficient (Wildman–Crippen LogP) is 3.28. The van der Waals surface area contributed by atoms with Gasteiger partial charge in [0.15, 0.2) is 11.1 Å². The fraction of sp³-hybridized carbons (Fsp3) is 0.500. The minimum Gasteiger partial charge on any atom is -0.484 e. The first-order valence-electron chi connectivity index (χ1n) is 6.80. The zero-order chi connectivity index (χ0) is 14.1. The van der Waals surface area contributed by atoms with Gasteiger partial charge in [-0.15, -0.1) is 0 Å². The zero-order valence-electron chi connectivity index (χ0n) is 11.3. The van der Waals surface area contributed by atoms with Crippen LogP contribution in [0.1, 0.15) is 37.4 Å². The van der Waals surface area contributed by atoms with Crippen LogP contribution in [0.4, 0.5) is 0 Å². The van der Waals surface area contributed by atoms with Gasteiger partial charge in [-0.05, 0) is 25.7 Å². The van der Waals surface area contributed by atoms with Crippen molar-refractivity contribution in [2.75, 3.05) is 7.11 Å². The van der Waals surface area contributed by atoms with Gasteiger partial charge in [-0.2, -0.15) is 0 Å². The number of methoxy groups -OCH3 is 1. The molecule has 1 saturated carbocycles. The van der Waals surface area contributed by atoms with Crippen LogP contribution in [0.15, 0.2) is 18.6 Å². The van der Waals surface area contributed by atoms with Gasteiger partial charge in [0.1, 0.15) is 11.3 Å². The summed E-state index contributed by atoms with van der Waals surface area (Å²) in [6.45, 7) is 0. The molecular weight excluding hydrogens is 276 g/mol. The highest BCUT2D eigenvalue weighted by Crippen LogP contribution is 2.36. The summed E-state index contributed by atoms with van der Waals surface area (Å²) in [5.74, 6) is 2.12. The van der Waals surface area contributed by atoms with Crippen LogP contribution < -0.4 is 0 Å². The lowest BCUT2D eigenvalue weighted by molar-refractivity contribution is 0.305. The van der Waals surface area contributed by atoms with Crippen molar-refractivity contribution in [1.29, 1.82) is 5.41 Å². The summed E-state index contributed by atoms with van der Waals surface area (Å²) in [7, 11) is 1.57. The number of nitrogens with zero attached hydrogens (tertiary/aromatic N) is 3. The van der Waals surface area contributed by atoms with Gasteiger partial charge >= 0.3 is 0 Å². The van der Waals surface area contributed by atoms with Crippen LogP contribution in [0.5, 0.6) is 0 Å². The van der Waals surface area contributed by atoms with Crippen molar-refractivity contribution in [2.24, 2.45) is 5.92 Å². The second kappa shape index (κ2) is 5.40. The Labute approximate surface area is 122 Å². The van der Waals surface area contributed by atoms with E-state index in [4.69, 9.17) is 21.7 Å². The summed E-state index contributed by atoms with van der Waals surface area (Å²) < 4.78 is 7.07. The van der Waals surface area contributed by atoms with Crippen molar-refractivity contribution >= 4 is 23.0 Å². The van der Waals surface area contributed by atoms with Crippen molar-refractivity contribution < 1.29 is 4.74 Å². The fourth-order valence-corrected chi connectivity index (χ4v) is 3.19. The minimum absolute atomic E-state index is 0.257. The molecule has 0 saturated heterocycles. The van der Waals surface area contributed by atoms with E-state index in [1.165, 1.54) is 0 Å². The van der Waals surface area contributed by atoms with Crippen LogP contribution in [-0.4, -0.2) is 27.4 Å². The van der Waals surface area contributed by atoms with Crippen molar-refractivity contribution in [3.63, 3.8) is 0 Å². The molecule has 2 heterocycles. The molecule has 0 aromatic carbocycles. The Bertz CT molecular complexity index is 631. The quantitative estimate of drug-likeness (QED) is 0.682. The van der Waals surface area contributed by atoms with E-state index < -0.39 is 0 Å². The third-order valence-electron chi connectivity index (χ3n) is 4.12. The van der Waals surface area contributed by atoms with E-state index >= 15 is 0 Å². The third-order valence-corrected chi connectivity index (χ3v) is 4.41. The maximum atomic E-state index is 7.76. The fourth-order valence-electron chi connectivity index (χ4n) is 3.00.